The molecule has 1 fully saturated rings. The Hall–Kier alpha value is -3.22. The molecular weight excluding hydrogens is 378 g/mol. The zero-order valence-electron chi connectivity index (χ0n) is 17.4. The molecule has 0 bridgehead atoms. The Morgan fingerprint density at radius 3 is 2.80 bits per heavy atom. The van der Waals surface area contributed by atoms with Crippen molar-refractivity contribution in [2.24, 2.45) is 5.92 Å². The van der Waals surface area contributed by atoms with Crippen LogP contribution in [0.5, 0.6) is 5.75 Å². The number of nitrogens with zero attached hydrogens (tertiary/aromatic N) is 4. The van der Waals surface area contributed by atoms with Gasteiger partial charge in [0.2, 0.25) is 5.91 Å². The quantitative estimate of drug-likeness (QED) is 0.676. The normalized spacial score (nSPS) is 17.5. The third kappa shape index (κ3) is 4.35. The van der Waals surface area contributed by atoms with Crippen LogP contribution in [0.2, 0.25) is 0 Å². The van der Waals surface area contributed by atoms with Crippen LogP contribution in [0.4, 0.5) is 5.69 Å². The molecule has 7 nitrogen and oxygen atoms in total. The summed E-state index contributed by atoms with van der Waals surface area (Å²) in [6.45, 7) is 3.68. The van der Waals surface area contributed by atoms with E-state index in [1.165, 1.54) is 0 Å². The monoisotopic (exact) mass is 405 g/mol. The molecule has 1 aliphatic heterocycles. The van der Waals surface area contributed by atoms with Crippen LogP contribution in [-0.4, -0.2) is 41.1 Å². The first-order valence-corrected chi connectivity index (χ1v) is 10.4. The maximum absolute atomic E-state index is 13.1. The second-order valence-corrected chi connectivity index (χ2v) is 7.62. The lowest BCUT2D eigenvalue weighted by Crippen LogP contribution is -2.44. The Morgan fingerprint density at radius 1 is 1.23 bits per heavy atom. The van der Waals surface area contributed by atoms with Crippen LogP contribution in [0.15, 0.2) is 48.9 Å². The lowest BCUT2D eigenvalue weighted by atomic mass is 9.95. The van der Waals surface area contributed by atoms with Crippen molar-refractivity contribution in [1.29, 1.82) is 0 Å². The molecule has 0 radical (unpaired) electrons. The molecule has 4 rings (SSSR count). The van der Waals surface area contributed by atoms with Crippen LogP contribution in [0, 0.1) is 5.92 Å². The smallest absolute Gasteiger partial charge is 0.225 e. The third-order valence-corrected chi connectivity index (χ3v) is 5.71. The summed E-state index contributed by atoms with van der Waals surface area (Å²) in [7, 11) is 1.65. The first-order chi connectivity index (χ1) is 14.7. The fourth-order valence-electron chi connectivity index (χ4n) is 3.99. The Kier molecular flexibility index (Phi) is 6.07. The average molecular weight is 406 g/mol. The number of pyridine rings is 1. The van der Waals surface area contributed by atoms with Crippen molar-refractivity contribution >= 4 is 22.8 Å². The van der Waals surface area contributed by atoms with Gasteiger partial charge in [-0.15, -0.1) is 0 Å². The molecule has 1 amide bonds. The van der Waals surface area contributed by atoms with Crippen LogP contribution in [0.1, 0.15) is 37.8 Å². The minimum absolute atomic E-state index is 0.00334. The Balaban J connectivity index is 1.44. The number of piperidine rings is 1. The van der Waals surface area contributed by atoms with E-state index in [1.54, 1.807) is 19.5 Å². The summed E-state index contributed by atoms with van der Waals surface area (Å²) in [5.41, 5.74) is 3.49. The number of rotatable bonds is 6. The molecule has 1 saturated heterocycles. The van der Waals surface area contributed by atoms with Gasteiger partial charge in [0, 0.05) is 25.5 Å². The average Bonchev–Trinajstić information content (AvgIpc) is 2.82. The highest BCUT2D eigenvalue weighted by Crippen LogP contribution is 2.26. The van der Waals surface area contributed by atoms with Gasteiger partial charge >= 0.3 is 0 Å². The molecular formula is C23H27N5O2. The number of fused-ring (bicyclic) bond motifs is 1. The molecule has 30 heavy (non-hydrogen) atoms. The summed E-state index contributed by atoms with van der Waals surface area (Å²) in [5, 5.41) is 3.25. The number of carbonyl (C=O) groups excluding carboxylic acids is 1. The van der Waals surface area contributed by atoms with Gasteiger partial charge in [-0.3, -0.25) is 9.78 Å². The van der Waals surface area contributed by atoms with Crippen molar-refractivity contribution < 1.29 is 9.53 Å². The topological polar surface area (TPSA) is 80.2 Å². The van der Waals surface area contributed by atoms with Crippen LogP contribution in [0.25, 0.3) is 11.2 Å². The largest absolute Gasteiger partial charge is 0.497 e. The van der Waals surface area contributed by atoms with Crippen molar-refractivity contribution in [1.82, 2.24) is 20.3 Å². The van der Waals surface area contributed by atoms with Crippen molar-refractivity contribution in [2.75, 3.05) is 25.1 Å². The number of amides is 1. The van der Waals surface area contributed by atoms with E-state index in [-0.39, 0.29) is 17.9 Å². The minimum atomic E-state index is -0.0522. The zero-order valence-corrected chi connectivity index (χ0v) is 17.4. The Morgan fingerprint density at radius 2 is 2.03 bits per heavy atom. The van der Waals surface area contributed by atoms with Crippen LogP contribution in [-0.2, 0) is 4.79 Å². The highest BCUT2D eigenvalue weighted by Gasteiger charge is 2.28. The summed E-state index contributed by atoms with van der Waals surface area (Å²) in [6, 6.07) is 9.90. The summed E-state index contributed by atoms with van der Waals surface area (Å²) in [4.78, 5) is 28.3. The van der Waals surface area contributed by atoms with Gasteiger partial charge in [-0.1, -0.05) is 19.1 Å². The highest BCUT2D eigenvalue weighted by molar-refractivity contribution is 5.80. The third-order valence-electron chi connectivity index (χ3n) is 5.71. The molecule has 0 aliphatic carbocycles. The number of ether oxygens (including phenoxy) is 1. The lowest BCUT2D eigenvalue weighted by Gasteiger charge is -2.34. The van der Waals surface area contributed by atoms with Crippen LogP contribution >= 0.6 is 0 Å². The fraction of sp³-hybridized carbons (Fsp3) is 0.391. The van der Waals surface area contributed by atoms with E-state index in [0.29, 0.717) is 12.2 Å². The van der Waals surface area contributed by atoms with Gasteiger partial charge in [0.1, 0.15) is 11.3 Å². The number of hydrogen-bond donors (Lipinski definition) is 1. The fourth-order valence-corrected chi connectivity index (χ4v) is 3.99. The van der Waals surface area contributed by atoms with Gasteiger partial charge in [0.25, 0.3) is 0 Å². The van der Waals surface area contributed by atoms with Gasteiger partial charge < -0.3 is 15.0 Å². The summed E-state index contributed by atoms with van der Waals surface area (Å²) < 4.78 is 5.23. The van der Waals surface area contributed by atoms with Crippen LogP contribution in [0.3, 0.4) is 0 Å². The second-order valence-electron chi connectivity index (χ2n) is 7.62. The molecule has 3 aromatic rings. The number of hydrogen-bond acceptors (Lipinski definition) is 6. The number of nitrogens with one attached hydrogen (secondary N) is 1. The number of carbonyl (C=O) groups is 1. The Labute approximate surface area is 176 Å². The molecule has 2 atom stereocenters. The van der Waals surface area contributed by atoms with E-state index in [4.69, 9.17) is 4.74 Å². The van der Waals surface area contributed by atoms with Gasteiger partial charge in [0.05, 0.1) is 31.0 Å². The minimum Gasteiger partial charge on any atom is -0.497 e. The number of methoxy groups -OCH3 is 1. The highest BCUT2D eigenvalue weighted by atomic mass is 16.5. The first kappa shape index (κ1) is 20.1. The molecule has 7 heteroatoms. The maximum Gasteiger partial charge on any atom is 0.225 e. The lowest BCUT2D eigenvalue weighted by molar-refractivity contribution is -0.126. The summed E-state index contributed by atoms with van der Waals surface area (Å²) >= 11 is 0. The molecule has 1 aromatic carbocycles. The molecule has 3 heterocycles. The van der Waals surface area contributed by atoms with Crippen LogP contribution < -0.4 is 15.0 Å². The molecule has 0 spiro atoms. The van der Waals surface area contributed by atoms with E-state index in [0.717, 1.165) is 48.3 Å². The number of anilines is 1. The zero-order chi connectivity index (χ0) is 20.9. The number of benzene rings is 1. The van der Waals surface area contributed by atoms with Crippen molar-refractivity contribution in [3.8, 4) is 5.75 Å². The Bertz CT molecular complexity index is 1010. The predicted octanol–water partition coefficient (Wildman–Crippen LogP) is 3.52. The molecule has 156 valence electrons. The van der Waals surface area contributed by atoms with Gasteiger partial charge in [-0.25, -0.2) is 9.97 Å². The summed E-state index contributed by atoms with van der Waals surface area (Å²) in [5.74, 6) is 0.871. The first-order valence-electron chi connectivity index (χ1n) is 10.4. The van der Waals surface area contributed by atoms with Crippen molar-refractivity contribution in [3.63, 3.8) is 0 Å². The molecule has 2 aromatic heterocycles. The standard InChI is InChI=1S/C23H27N5O2/c1-3-20(16-6-8-19(30-2)9-7-16)27-23(29)17-5-4-12-28(15-17)18-13-21-22(26-14-18)25-11-10-24-21/h6-11,13-14,17,20H,3-5,12,15H2,1-2H3,(H,27,29)/t17-,20+/m1/s1. The van der Waals surface area contributed by atoms with E-state index in [2.05, 4.69) is 32.1 Å². The van der Waals surface area contributed by atoms with Crippen molar-refractivity contribution in [2.45, 2.75) is 32.2 Å². The second kappa shape index (κ2) is 9.07. The van der Waals surface area contributed by atoms with E-state index < -0.39 is 0 Å². The van der Waals surface area contributed by atoms with E-state index in [9.17, 15) is 4.79 Å². The maximum atomic E-state index is 13.1. The molecule has 1 N–H and O–H groups in total. The molecule has 1 aliphatic rings. The molecule has 0 saturated carbocycles. The van der Waals surface area contributed by atoms with Gasteiger partial charge in [0.15, 0.2) is 5.65 Å². The van der Waals surface area contributed by atoms with E-state index in [1.807, 2.05) is 36.5 Å². The summed E-state index contributed by atoms with van der Waals surface area (Å²) in [6.07, 6.45) is 7.83. The number of aromatic nitrogens is 3. The van der Waals surface area contributed by atoms with Gasteiger partial charge in [-0.05, 0) is 43.0 Å². The SMILES string of the molecule is CC[C@H](NC(=O)[C@@H]1CCCN(c2cnc3nccnc3c2)C1)c1ccc(OC)cc1. The predicted molar refractivity (Wildman–Crippen MR) is 116 cm³/mol. The molecule has 0 unspecified atom stereocenters. The van der Waals surface area contributed by atoms with Gasteiger partial charge in [-0.2, -0.15) is 0 Å². The van der Waals surface area contributed by atoms with Crippen molar-refractivity contribution in [3.05, 3.63) is 54.5 Å². The van der Waals surface area contributed by atoms with E-state index >= 15 is 0 Å².